The zero-order valence-corrected chi connectivity index (χ0v) is 17.6. The van der Waals surface area contributed by atoms with Gasteiger partial charge in [-0.3, -0.25) is 4.90 Å². The maximum absolute atomic E-state index is 9.06. The first-order valence-corrected chi connectivity index (χ1v) is 10.3. The van der Waals surface area contributed by atoms with Crippen LogP contribution in [-0.2, 0) is 0 Å². The van der Waals surface area contributed by atoms with Gasteiger partial charge in [-0.15, -0.1) is 0 Å². The molecule has 0 saturated heterocycles. The van der Waals surface area contributed by atoms with E-state index in [4.69, 9.17) is 10.2 Å². The van der Waals surface area contributed by atoms with Gasteiger partial charge in [0, 0.05) is 42.1 Å². The molecule has 0 bridgehead atoms. The third-order valence-corrected chi connectivity index (χ3v) is 4.89. The van der Waals surface area contributed by atoms with Crippen molar-refractivity contribution in [3.05, 3.63) is 47.3 Å². The lowest BCUT2D eigenvalue weighted by molar-refractivity contribution is 0.161. The first-order valence-electron chi connectivity index (χ1n) is 9.51. The van der Waals surface area contributed by atoms with Crippen molar-refractivity contribution in [2.45, 2.75) is 6.42 Å². The highest BCUT2D eigenvalue weighted by Crippen LogP contribution is 2.25. The number of rotatable bonds is 11. The Morgan fingerprint density at radius 1 is 1.00 bits per heavy atom. The van der Waals surface area contributed by atoms with Crippen molar-refractivity contribution in [1.29, 1.82) is 0 Å². The third kappa shape index (κ3) is 6.33. The van der Waals surface area contributed by atoms with Gasteiger partial charge in [-0.1, -0.05) is 22.0 Å². The minimum atomic E-state index is 0.0929. The molecule has 0 amide bonds. The lowest BCUT2D eigenvalue weighted by atomic mass is 10.2. The maximum atomic E-state index is 9.06. The molecule has 3 aromatic rings. The second-order valence-corrected chi connectivity index (χ2v) is 7.43. The highest BCUT2D eigenvalue weighted by Gasteiger charge is 2.07. The quantitative estimate of drug-likeness (QED) is 0.323. The summed E-state index contributed by atoms with van der Waals surface area (Å²) in [7, 11) is 0. The van der Waals surface area contributed by atoms with Crippen LogP contribution in [0.1, 0.15) is 6.42 Å². The molecule has 2 aromatic heterocycles. The molecular formula is C20H25BrN6O2. The van der Waals surface area contributed by atoms with E-state index in [0.717, 1.165) is 46.4 Å². The Bertz CT molecular complexity index is 920. The number of nitrogens with zero attached hydrogens (tertiary/aromatic N) is 4. The second kappa shape index (κ2) is 11.0. The van der Waals surface area contributed by atoms with Crippen molar-refractivity contribution in [2.75, 3.05) is 50.0 Å². The summed E-state index contributed by atoms with van der Waals surface area (Å²) in [6.07, 6.45) is 4.18. The smallest absolute Gasteiger partial charge is 0.143 e. The van der Waals surface area contributed by atoms with Crippen LogP contribution in [0.5, 0.6) is 0 Å². The van der Waals surface area contributed by atoms with Gasteiger partial charge in [0.15, 0.2) is 0 Å². The van der Waals surface area contributed by atoms with E-state index in [0.29, 0.717) is 18.9 Å². The molecule has 2 heterocycles. The lowest BCUT2D eigenvalue weighted by Crippen LogP contribution is -2.31. The Morgan fingerprint density at radius 2 is 1.83 bits per heavy atom. The number of benzene rings is 1. The highest BCUT2D eigenvalue weighted by atomic mass is 79.9. The standard InChI is InChI=1S/C20H25BrN6O2/c21-15-3-1-4-16(11-15)26-20-17-13-23-19(12-18(17)24-14-25-20)22-5-2-6-27(7-9-28)8-10-29/h1,3-4,11-14,28-29H,2,5-10H2,(H,22,23)(H,24,25,26). The van der Waals surface area contributed by atoms with Crippen molar-refractivity contribution in [3.63, 3.8) is 0 Å². The molecule has 29 heavy (non-hydrogen) atoms. The van der Waals surface area contributed by atoms with Crippen molar-refractivity contribution in [1.82, 2.24) is 19.9 Å². The number of nitrogens with one attached hydrogen (secondary N) is 2. The van der Waals surface area contributed by atoms with Crippen LogP contribution in [0.15, 0.2) is 47.3 Å². The molecule has 3 rings (SSSR count). The fourth-order valence-electron chi connectivity index (χ4n) is 2.99. The van der Waals surface area contributed by atoms with Crippen LogP contribution in [-0.4, -0.2) is 69.5 Å². The average molecular weight is 461 g/mol. The van der Waals surface area contributed by atoms with Gasteiger partial charge >= 0.3 is 0 Å². The van der Waals surface area contributed by atoms with Crippen LogP contribution in [0.4, 0.5) is 17.3 Å². The molecule has 1 aromatic carbocycles. The predicted molar refractivity (Wildman–Crippen MR) is 118 cm³/mol. The van der Waals surface area contributed by atoms with Gasteiger partial charge in [-0.25, -0.2) is 15.0 Å². The zero-order chi connectivity index (χ0) is 20.5. The van der Waals surface area contributed by atoms with Crippen LogP contribution in [0.3, 0.4) is 0 Å². The van der Waals surface area contributed by atoms with Crippen molar-refractivity contribution in [3.8, 4) is 0 Å². The summed E-state index contributed by atoms with van der Waals surface area (Å²) in [5.41, 5.74) is 1.73. The molecule has 0 fully saturated rings. The lowest BCUT2D eigenvalue weighted by Gasteiger charge is -2.20. The molecule has 154 valence electrons. The van der Waals surface area contributed by atoms with E-state index in [1.54, 1.807) is 6.20 Å². The van der Waals surface area contributed by atoms with Crippen molar-refractivity contribution in [2.24, 2.45) is 0 Å². The Hall–Kier alpha value is -2.33. The molecule has 9 heteroatoms. The maximum Gasteiger partial charge on any atom is 0.143 e. The summed E-state index contributed by atoms with van der Waals surface area (Å²) in [6.45, 7) is 2.86. The Labute approximate surface area is 178 Å². The summed E-state index contributed by atoms with van der Waals surface area (Å²) in [5.74, 6) is 1.45. The summed E-state index contributed by atoms with van der Waals surface area (Å²) >= 11 is 3.47. The predicted octanol–water partition coefficient (Wildman–Crippen LogP) is 2.62. The Balaban J connectivity index is 1.62. The first kappa shape index (κ1) is 21.4. The number of halogens is 1. The van der Waals surface area contributed by atoms with Crippen molar-refractivity contribution >= 4 is 44.2 Å². The van der Waals surface area contributed by atoms with Gasteiger partial charge in [0.05, 0.1) is 24.1 Å². The van der Waals surface area contributed by atoms with Gasteiger partial charge in [0.2, 0.25) is 0 Å². The van der Waals surface area contributed by atoms with E-state index in [-0.39, 0.29) is 13.2 Å². The van der Waals surface area contributed by atoms with Gasteiger partial charge in [-0.2, -0.15) is 0 Å². The number of aromatic nitrogens is 3. The molecule has 0 saturated carbocycles. The second-order valence-electron chi connectivity index (χ2n) is 6.51. The fraction of sp³-hybridized carbons (Fsp3) is 0.350. The fourth-order valence-corrected chi connectivity index (χ4v) is 3.39. The number of hydrogen-bond donors (Lipinski definition) is 4. The van der Waals surface area contributed by atoms with Gasteiger partial charge in [0.1, 0.15) is 18.0 Å². The topological polar surface area (TPSA) is 106 Å². The van der Waals surface area contributed by atoms with Crippen LogP contribution in [0.25, 0.3) is 10.9 Å². The zero-order valence-electron chi connectivity index (χ0n) is 16.1. The molecule has 0 aliphatic rings. The summed E-state index contributed by atoms with van der Waals surface area (Å²) in [5, 5.41) is 25.6. The van der Waals surface area contributed by atoms with Crippen LogP contribution < -0.4 is 10.6 Å². The van der Waals surface area contributed by atoms with Gasteiger partial charge in [-0.05, 0) is 31.2 Å². The molecule has 0 aliphatic heterocycles. The monoisotopic (exact) mass is 460 g/mol. The molecular weight excluding hydrogens is 436 g/mol. The number of pyridine rings is 1. The number of anilines is 3. The van der Waals surface area contributed by atoms with Crippen molar-refractivity contribution < 1.29 is 10.2 Å². The SMILES string of the molecule is OCCN(CCO)CCCNc1cc2ncnc(Nc3cccc(Br)c3)c2cn1. The molecule has 0 unspecified atom stereocenters. The molecule has 0 spiro atoms. The molecule has 4 N–H and O–H groups in total. The minimum Gasteiger partial charge on any atom is -0.395 e. The number of fused-ring (bicyclic) bond motifs is 1. The van der Waals surface area contributed by atoms with Gasteiger partial charge < -0.3 is 20.8 Å². The van der Waals surface area contributed by atoms with E-state index in [2.05, 4.69) is 41.5 Å². The Kier molecular flexibility index (Phi) is 8.12. The Morgan fingerprint density at radius 3 is 2.59 bits per heavy atom. The van der Waals surface area contributed by atoms with Crippen LogP contribution in [0.2, 0.25) is 0 Å². The van der Waals surface area contributed by atoms with Gasteiger partial charge in [0.25, 0.3) is 0 Å². The third-order valence-electron chi connectivity index (χ3n) is 4.40. The van der Waals surface area contributed by atoms with E-state index in [9.17, 15) is 0 Å². The molecule has 0 aliphatic carbocycles. The highest BCUT2D eigenvalue weighted by molar-refractivity contribution is 9.10. The minimum absolute atomic E-state index is 0.0929. The normalized spacial score (nSPS) is 11.2. The summed E-state index contributed by atoms with van der Waals surface area (Å²) < 4.78 is 0.988. The van der Waals surface area contributed by atoms with E-state index >= 15 is 0 Å². The number of aliphatic hydroxyl groups excluding tert-OH is 2. The number of hydrogen-bond acceptors (Lipinski definition) is 8. The van der Waals surface area contributed by atoms with E-state index in [1.165, 1.54) is 6.33 Å². The van der Waals surface area contributed by atoms with E-state index < -0.39 is 0 Å². The van der Waals surface area contributed by atoms with Crippen LogP contribution in [0, 0.1) is 0 Å². The summed E-state index contributed by atoms with van der Waals surface area (Å²) in [4.78, 5) is 15.2. The van der Waals surface area contributed by atoms with E-state index in [1.807, 2.05) is 35.2 Å². The number of aliphatic hydroxyl groups is 2. The largest absolute Gasteiger partial charge is 0.395 e. The summed E-state index contributed by atoms with van der Waals surface area (Å²) in [6, 6.07) is 9.78. The first-order chi connectivity index (χ1) is 14.2. The van der Waals surface area contributed by atoms with Crippen LogP contribution >= 0.6 is 15.9 Å². The average Bonchev–Trinajstić information content (AvgIpc) is 2.71. The molecule has 8 nitrogen and oxygen atoms in total. The molecule has 0 atom stereocenters. The molecule has 0 radical (unpaired) electrons.